The van der Waals surface area contributed by atoms with Crippen LogP contribution in [0.15, 0.2) is 0 Å². The predicted molar refractivity (Wildman–Crippen MR) is 52.2 cm³/mol. The highest BCUT2D eigenvalue weighted by Crippen LogP contribution is 2.07. The fourth-order valence-corrected chi connectivity index (χ4v) is 1.57. The van der Waals surface area contributed by atoms with Gasteiger partial charge < -0.3 is 16.0 Å². The molecule has 0 aliphatic carbocycles. The monoisotopic (exact) mass is 171 g/mol. The second-order valence-electron chi connectivity index (χ2n) is 3.96. The first kappa shape index (κ1) is 9.96. The third-order valence-corrected chi connectivity index (χ3v) is 2.45. The quantitative estimate of drug-likeness (QED) is 0.629. The molecule has 1 aliphatic rings. The average Bonchev–Trinajstić information content (AvgIpc) is 2.03. The van der Waals surface area contributed by atoms with Crippen molar-refractivity contribution in [1.29, 1.82) is 0 Å². The van der Waals surface area contributed by atoms with Crippen molar-refractivity contribution < 1.29 is 0 Å². The number of rotatable bonds is 3. The summed E-state index contributed by atoms with van der Waals surface area (Å²) in [5.41, 5.74) is 5.66. The summed E-state index contributed by atoms with van der Waals surface area (Å²) in [5.74, 6) is 0. The van der Waals surface area contributed by atoms with Crippen LogP contribution in [0.1, 0.15) is 19.8 Å². The maximum Gasteiger partial charge on any atom is 0.0136 e. The molecule has 3 heteroatoms. The minimum absolute atomic E-state index is 0.282. The van der Waals surface area contributed by atoms with Crippen molar-refractivity contribution in [3.63, 3.8) is 0 Å². The minimum Gasteiger partial charge on any atom is -0.327 e. The molecule has 1 rings (SSSR count). The largest absolute Gasteiger partial charge is 0.327 e. The number of nitrogens with two attached hydrogens (primary N) is 1. The lowest BCUT2D eigenvalue weighted by Gasteiger charge is -2.30. The van der Waals surface area contributed by atoms with Crippen molar-refractivity contribution in [1.82, 2.24) is 10.2 Å². The lowest BCUT2D eigenvalue weighted by molar-refractivity contribution is 0.234. The topological polar surface area (TPSA) is 41.3 Å². The van der Waals surface area contributed by atoms with E-state index in [0.717, 1.165) is 6.54 Å². The third kappa shape index (κ3) is 3.52. The molecule has 0 saturated carbocycles. The molecule has 0 radical (unpaired) electrons. The zero-order valence-electron chi connectivity index (χ0n) is 8.21. The number of likely N-dealkylation sites (tertiary alicyclic amines) is 1. The number of hydrogen-bond donors (Lipinski definition) is 2. The second-order valence-corrected chi connectivity index (χ2v) is 3.96. The fourth-order valence-electron chi connectivity index (χ4n) is 1.57. The van der Waals surface area contributed by atoms with Crippen molar-refractivity contribution in [3.05, 3.63) is 0 Å². The predicted octanol–water partition coefficient (Wildman–Crippen LogP) is 0.0174. The Bertz CT molecular complexity index is 117. The molecule has 3 N–H and O–H groups in total. The normalized spacial score (nSPS) is 24.2. The van der Waals surface area contributed by atoms with Gasteiger partial charge in [-0.3, -0.25) is 0 Å². The van der Waals surface area contributed by atoms with Gasteiger partial charge >= 0.3 is 0 Å². The molecule has 1 heterocycles. The molecule has 1 aliphatic heterocycles. The zero-order valence-corrected chi connectivity index (χ0v) is 8.21. The molecule has 1 fully saturated rings. The number of nitrogens with zero attached hydrogens (tertiary/aromatic N) is 1. The molecule has 0 bridgehead atoms. The van der Waals surface area contributed by atoms with Gasteiger partial charge in [0.1, 0.15) is 0 Å². The Kier molecular flexibility index (Phi) is 3.98. The zero-order chi connectivity index (χ0) is 8.97. The van der Waals surface area contributed by atoms with Gasteiger partial charge in [0.25, 0.3) is 0 Å². The van der Waals surface area contributed by atoms with E-state index in [-0.39, 0.29) is 6.04 Å². The van der Waals surface area contributed by atoms with E-state index < -0.39 is 0 Å². The summed E-state index contributed by atoms with van der Waals surface area (Å²) in [5, 5.41) is 3.49. The molecule has 0 aromatic carbocycles. The van der Waals surface area contributed by atoms with Gasteiger partial charge in [0, 0.05) is 18.6 Å². The van der Waals surface area contributed by atoms with Gasteiger partial charge in [0.2, 0.25) is 0 Å². The smallest absolute Gasteiger partial charge is 0.0136 e. The fraction of sp³-hybridized carbons (Fsp3) is 1.00. The summed E-state index contributed by atoms with van der Waals surface area (Å²) in [4.78, 5) is 2.38. The molecule has 0 spiro atoms. The van der Waals surface area contributed by atoms with E-state index in [9.17, 15) is 0 Å². The Morgan fingerprint density at radius 2 is 2.08 bits per heavy atom. The molecule has 3 nitrogen and oxygen atoms in total. The Morgan fingerprint density at radius 1 is 1.50 bits per heavy atom. The summed E-state index contributed by atoms with van der Waals surface area (Å²) < 4.78 is 0. The molecule has 0 aromatic rings. The first-order chi connectivity index (χ1) is 5.68. The lowest BCUT2D eigenvalue weighted by Crippen LogP contribution is -2.44. The van der Waals surface area contributed by atoms with Crippen molar-refractivity contribution >= 4 is 0 Å². The van der Waals surface area contributed by atoms with Crippen LogP contribution < -0.4 is 11.1 Å². The van der Waals surface area contributed by atoms with E-state index in [0.29, 0.717) is 6.04 Å². The van der Waals surface area contributed by atoms with Crippen molar-refractivity contribution in [2.24, 2.45) is 5.73 Å². The standard InChI is InChI=1S/C9H21N3/c1-8(10)7-11-9-3-5-12(2)6-4-9/h8-9,11H,3-7,10H2,1-2H3. The van der Waals surface area contributed by atoms with E-state index in [2.05, 4.69) is 17.3 Å². The molecule has 1 saturated heterocycles. The van der Waals surface area contributed by atoms with Gasteiger partial charge in [0.15, 0.2) is 0 Å². The highest BCUT2D eigenvalue weighted by atomic mass is 15.1. The van der Waals surface area contributed by atoms with E-state index in [1.807, 2.05) is 6.92 Å². The van der Waals surface area contributed by atoms with E-state index in [1.165, 1.54) is 25.9 Å². The molecule has 12 heavy (non-hydrogen) atoms. The Hall–Kier alpha value is -0.120. The van der Waals surface area contributed by atoms with E-state index in [1.54, 1.807) is 0 Å². The van der Waals surface area contributed by atoms with Gasteiger partial charge in [0.05, 0.1) is 0 Å². The van der Waals surface area contributed by atoms with Crippen LogP contribution in [-0.2, 0) is 0 Å². The molecule has 72 valence electrons. The third-order valence-electron chi connectivity index (χ3n) is 2.45. The van der Waals surface area contributed by atoms with Crippen LogP contribution in [0, 0.1) is 0 Å². The summed E-state index contributed by atoms with van der Waals surface area (Å²) in [7, 11) is 2.18. The van der Waals surface area contributed by atoms with Crippen molar-refractivity contribution in [2.75, 3.05) is 26.7 Å². The minimum atomic E-state index is 0.282. The SMILES string of the molecule is CC(N)CNC1CCN(C)CC1. The van der Waals surface area contributed by atoms with Crippen LogP contribution in [0.5, 0.6) is 0 Å². The van der Waals surface area contributed by atoms with Gasteiger partial charge in [-0.1, -0.05) is 0 Å². The Balaban J connectivity index is 2.09. The number of nitrogens with one attached hydrogen (secondary N) is 1. The van der Waals surface area contributed by atoms with Crippen LogP contribution >= 0.6 is 0 Å². The van der Waals surface area contributed by atoms with Crippen LogP contribution in [0.4, 0.5) is 0 Å². The van der Waals surface area contributed by atoms with E-state index in [4.69, 9.17) is 5.73 Å². The van der Waals surface area contributed by atoms with Crippen molar-refractivity contribution in [2.45, 2.75) is 31.8 Å². The number of hydrogen-bond acceptors (Lipinski definition) is 3. The van der Waals surface area contributed by atoms with Gasteiger partial charge in [-0.2, -0.15) is 0 Å². The molecule has 0 amide bonds. The van der Waals surface area contributed by atoms with Crippen LogP contribution in [-0.4, -0.2) is 43.7 Å². The first-order valence-corrected chi connectivity index (χ1v) is 4.86. The first-order valence-electron chi connectivity index (χ1n) is 4.86. The molecular weight excluding hydrogens is 150 g/mol. The Morgan fingerprint density at radius 3 is 2.58 bits per heavy atom. The highest BCUT2D eigenvalue weighted by molar-refractivity contribution is 4.76. The van der Waals surface area contributed by atoms with Gasteiger partial charge in [-0.15, -0.1) is 0 Å². The van der Waals surface area contributed by atoms with Crippen molar-refractivity contribution in [3.8, 4) is 0 Å². The summed E-state index contributed by atoms with van der Waals surface area (Å²) in [6, 6.07) is 0.983. The summed E-state index contributed by atoms with van der Waals surface area (Å²) in [6.07, 6.45) is 2.53. The lowest BCUT2D eigenvalue weighted by atomic mass is 10.1. The van der Waals surface area contributed by atoms with Crippen LogP contribution in [0.3, 0.4) is 0 Å². The van der Waals surface area contributed by atoms with E-state index >= 15 is 0 Å². The maximum absolute atomic E-state index is 5.66. The average molecular weight is 171 g/mol. The Labute approximate surface area is 75.3 Å². The van der Waals surface area contributed by atoms with Gasteiger partial charge in [-0.05, 0) is 39.9 Å². The van der Waals surface area contributed by atoms with Crippen LogP contribution in [0.2, 0.25) is 0 Å². The molecule has 1 atom stereocenters. The number of piperidine rings is 1. The second kappa shape index (κ2) is 4.80. The maximum atomic E-state index is 5.66. The molecule has 1 unspecified atom stereocenters. The molecule has 0 aromatic heterocycles. The highest BCUT2D eigenvalue weighted by Gasteiger charge is 2.15. The summed E-state index contributed by atoms with van der Waals surface area (Å²) in [6.45, 7) is 5.43. The molecular formula is C9H21N3. The van der Waals surface area contributed by atoms with Gasteiger partial charge in [-0.25, -0.2) is 0 Å². The summed E-state index contributed by atoms with van der Waals surface area (Å²) >= 11 is 0. The van der Waals surface area contributed by atoms with Crippen LogP contribution in [0.25, 0.3) is 0 Å².